The largest absolute Gasteiger partial charge is 0.448 e. The average Bonchev–Trinajstić information content (AvgIpc) is 3.83. The lowest BCUT2D eigenvalue weighted by Gasteiger charge is -2.39. The summed E-state index contributed by atoms with van der Waals surface area (Å²) in [5.41, 5.74) is 8.18. The second kappa shape index (κ2) is 28.7. The Kier molecular flexibility index (Phi) is 24.5. The first kappa shape index (κ1) is 60.8. The first-order valence-corrected chi connectivity index (χ1v) is 26.9. The SMILES string of the molecule is CCC(=Nc1c(N)ncnc1C(C)C)SSC(C)(C)COC(=O)N(C)C(C(=O)NCC(=O)N(C)C(C(C)CC)C(CC(=O)N1CCCC1C(OC)C(C)C(=O)NC(C)C(O)c1ccccc1)OC)C(C)C. The van der Waals surface area contributed by atoms with E-state index in [1.165, 1.54) is 59.0 Å². The van der Waals surface area contributed by atoms with Gasteiger partial charge in [0.25, 0.3) is 0 Å². The van der Waals surface area contributed by atoms with Crippen LogP contribution in [0.15, 0.2) is 41.7 Å². The van der Waals surface area contributed by atoms with Gasteiger partial charge in [0, 0.05) is 34.9 Å². The average molecular weight is 1030 g/mol. The molecule has 0 aliphatic carbocycles. The van der Waals surface area contributed by atoms with Gasteiger partial charge in [-0.15, -0.1) is 0 Å². The number of benzene rings is 1. The third kappa shape index (κ3) is 17.0. The van der Waals surface area contributed by atoms with E-state index in [4.69, 9.17) is 24.9 Å². The predicted molar refractivity (Wildman–Crippen MR) is 283 cm³/mol. The maximum absolute atomic E-state index is 14.3. The van der Waals surface area contributed by atoms with E-state index in [1.807, 2.05) is 80.5 Å². The van der Waals surface area contributed by atoms with Crippen LogP contribution in [0.4, 0.5) is 16.3 Å². The molecule has 5 amide bonds. The lowest BCUT2D eigenvalue weighted by atomic mass is 9.90. The van der Waals surface area contributed by atoms with Crippen LogP contribution < -0.4 is 16.4 Å². The molecule has 0 saturated carbocycles. The van der Waals surface area contributed by atoms with Crippen molar-refractivity contribution in [1.29, 1.82) is 0 Å². The van der Waals surface area contributed by atoms with Crippen molar-refractivity contribution in [3.8, 4) is 0 Å². The number of nitrogens with one attached hydrogen (secondary N) is 2. The molecule has 1 fully saturated rings. The number of aliphatic hydroxyl groups excluding tert-OH is 1. The fourth-order valence-corrected chi connectivity index (χ4v) is 11.1. The number of aliphatic imine (C=N–C) groups is 1. The zero-order chi connectivity index (χ0) is 53.3. The molecule has 1 aromatic carbocycles. The van der Waals surface area contributed by atoms with Crippen molar-refractivity contribution >= 4 is 67.9 Å². The van der Waals surface area contributed by atoms with Gasteiger partial charge >= 0.3 is 6.09 Å². The molecular weight excluding hydrogens is 947 g/mol. The van der Waals surface area contributed by atoms with Crippen LogP contribution in [-0.2, 0) is 33.4 Å². The number of likely N-dealkylation sites (tertiary alicyclic amines) is 1. The summed E-state index contributed by atoms with van der Waals surface area (Å²) < 4.78 is 17.1. The molecule has 18 nitrogen and oxygen atoms in total. The monoisotopic (exact) mass is 1030 g/mol. The number of aliphatic hydroxyl groups is 1. The summed E-state index contributed by atoms with van der Waals surface area (Å²) in [4.78, 5) is 86.9. The molecule has 2 heterocycles. The van der Waals surface area contributed by atoms with E-state index in [-0.39, 0.29) is 55.2 Å². The van der Waals surface area contributed by atoms with Gasteiger partial charge in [-0.2, -0.15) is 0 Å². The highest BCUT2D eigenvalue weighted by molar-refractivity contribution is 8.82. The zero-order valence-electron chi connectivity index (χ0n) is 44.8. The fraction of sp³-hybridized carbons (Fsp3) is 0.686. The molecule has 20 heteroatoms. The van der Waals surface area contributed by atoms with Gasteiger partial charge in [0.2, 0.25) is 23.6 Å². The van der Waals surface area contributed by atoms with Crippen molar-refractivity contribution in [3.05, 3.63) is 47.9 Å². The van der Waals surface area contributed by atoms with Gasteiger partial charge in [-0.3, -0.25) is 24.1 Å². The molecule has 2 aromatic rings. The Morgan fingerprint density at radius 2 is 1.63 bits per heavy atom. The summed E-state index contributed by atoms with van der Waals surface area (Å²) in [5.74, 6) is -2.07. The number of anilines is 1. The minimum absolute atomic E-state index is 0.0373. The lowest BCUT2D eigenvalue weighted by Crippen LogP contribution is -2.56. The van der Waals surface area contributed by atoms with Gasteiger partial charge in [0.15, 0.2) is 5.82 Å². The van der Waals surface area contributed by atoms with E-state index in [9.17, 15) is 29.1 Å². The predicted octanol–water partition coefficient (Wildman–Crippen LogP) is 7.15. The van der Waals surface area contributed by atoms with Crippen LogP contribution in [0.3, 0.4) is 0 Å². The van der Waals surface area contributed by atoms with Gasteiger partial charge in [-0.1, -0.05) is 103 Å². The number of nitrogens with zero attached hydrogens (tertiary/aromatic N) is 6. The normalized spacial score (nSPS) is 17.7. The van der Waals surface area contributed by atoms with E-state index in [0.717, 1.165) is 17.2 Å². The van der Waals surface area contributed by atoms with Crippen LogP contribution in [0, 0.1) is 17.8 Å². The zero-order valence-corrected chi connectivity index (χ0v) is 46.4. The molecule has 0 spiro atoms. The summed E-state index contributed by atoms with van der Waals surface area (Å²) in [7, 11) is 9.15. The van der Waals surface area contributed by atoms with Crippen molar-refractivity contribution in [2.24, 2.45) is 22.7 Å². The molecule has 0 radical (unpaired) electrons. The molecule has 1 aromatic heterocycles. The van der Waals surface area contributed by atoms with Crippen LogP contribution in [0.5, 0.6) is 0 Å². The van der Waals surface area contributed by atoms with Crippen molar-refractivity contribution < 1.29 is 43.3 Å². The van der Waals surface area contributed by atoms with Crippen LogP contribution in [0.2, 0.25) is 0 Å². The van der Waals surface area contributed by atoms with Crippen LogP contribution in [-0.4, -0.2) is 154 Å². The van der Waals surface area contributed by atoms with Gasteiger partial charge in [-0.25, -0.2) is 19.8 Å². The summed E-state index contributed by atoms with van der Waals surface area (Å²) in [5, 5.41) is 17.4. The highest BCUT2D eigenvalue weighted by atomic mass is 33.1. The summed E-state index contributed by atoms with van der Waals surface area (Å²) in [6.07, 6.45) is 1.14. The van der Waals surface area contributed by atoms with E-state index < -0.39 is 65.0 Å². The third-order valence-corrected chi connectivity index (χ3v) is 16.6. The Morgan fingerprint density at radius 3 is 2.21 bits per heavy atom. The first-order chi connectivity index (χ1) is 33.4. The number of amides is 5. The van der Waals surface area contributed by atoms with E-state index in [2.05, 4.69) is 20.6 Å². The molecule has 1 saturated heterocycles. The summed E-state index contributed by atoms with van der Waals surface area (Å²) in [6.45, 7) is 21.2. The number of aromatic nitrogens is 2. The van der Waals surface area contributed by atoms with Crippen LogP contribution in [0.25, 0.3) is 0 Å². The fourth-order valence-electron chi connectivity index (χ4n) is 8.88. The van der Waals surface area contributed by atoms with E-state index >= 15 is 0 Å². The molecule has 9 atom stereocenters. The van der Waals surface area contributed by atoms with Gasteiger partial charge < -0.3 is 45.5 Å². The van der Waals surface area contributed by atoms with Crippen molar-refractivity contribution in [2.45, 2.75) is 161 Å². The number of ether oxygens (including phenoxy) is 3. The Morgan fingerprint density at radius 1 is 0.972 bits per heavy atom. The van der Waals surface area contributed by atoms with Crippen molar-refractivity contribution in [3.63, 3.8) is 0 Å². The Balaban J connectivity index is 1.64. The number of carbonyl (C=O) groups excluding carboxylic acids is 5. The first-order valence-electron chi connectivity index (χ1n) is 24.8. The number of likely N-dealkylation sites (N-methyl/N-ethyl adjacent to an activating group) is 2. The molecule has 398 valence electrons. The maximum Gasteiger partial charge on any atom is 0.410 e. The van der Waals surface area contributed by atoms with Gasteiger partial charge in [-0.05, 0) is 74.1 Å². The Labute approximate surface area is 430 Å². The van der Waals surface area contributed by atoms with Gasteiger partial charge in [0.1, 0.15) is 24.7 Å². The molecule has 1 aliphatic heterocycles. The smallest absolute Gasteiger partial charge is 0.410 e. The number of hydrogen-bond acceptors (Lipinski definition) is 15. The minimum atomic E-state index is -0.949. The maximum atomic E-state index is 14.3. The van der Waals surface area contributed by atoms with Crippen LogP contribution in [0.1, 0.15) is 132 Å². The summed E-state index contributed by atoms with van der Waals surface area (Å²) in [6, 6.07) is 6.67. The Hall–Kier alpha value is -4.50. The summed E-state index contributed by atoms with van der Waals surface area (Å²) >= 11 is 0. The minimum Gasteiger partial charge on any atom is -0.448 e. The number of nitrogens with two attached hydrogens (primary N) is 1. The van der Waals surface area contributed by atoms with Crippen molar-refractivity contribution in [2.75, 3.05) is 53.7 Å². The second-order valence-electron chi connectivity index (χ2n) is 19.8. The van der Waals surface area contributed by atoms with Gasteiger partial charge in [0.05, 0.1) is 70.8 Å². The number of carbonyl (C=O) groups is 5. The molecule has 3 rings (SSSR count). The molecular formula is C51H83N9O9S2. The Bertz CT molecular complexity index is 2080. The lowest BCUT2D eigenvalue weighted by molar-refractivity contribution is -0.146. The molecule has 5 N–H and O–H groups in total. The number of hydrogen-bond donors (Lipinski definition) is 4. The molecule has 1 aliphatic rings. The molecule has 9 unspecified atom stereocenters. The number of nitrogen functional groups attached to an aromatic ring is 1. The standard InChI is InChI=1S/C51H83N9O9S2/c1-16-32(7)44(37(67-14)26-39(61)60-25-21-24-36(60)46(68-15)33(8)48(64)56-34(9)45(63)35-22-19-18-20-23-35)58(12)40(62)27-53-49(65)43(31(5)6)59(13)50(66)69-28-51(10,11)71-70-38(17-2)57-42-41(30(3)4)54-29-55-47(42)52/h18-20,22-23,29-34,36-37,43-46,63H,16-17,21,24-28H2,1-15H3,(H,53,65)(H,56,64)(H2,52,54,55). The second-order valence-corrected chi connectivity index (χ2v) is 22.7. The van der Waals surface area contributed by atoms with Crippen molar-refractivity contribution in [1.82, 2.24) is 35.3 Å². The van der Waals surface area contributed by atoms with E-state index in [1.54, 1.807) is 37.9 Å². The number of rotatable bonds is 26. The topological polar surface area (TPSA) is 231 Å². The molecule has 0 bridgehead atoms. The van der Waals surface area contributed by atoms with Crippen LogP contribution >= 0.6 is 21.6 Å². The molecule has 71 heavy (non-hydrogen) atoms. The quantitative estimate of drug-likeness (QED) is 0.0417. The highest BCUT2D eigenvalue weighted by Crippen LogP contribution is 2.40. The van der Waals surface area contributed by atoms with E-state index in [0.29, 0.717) is 42.9 Å². The number of methoxy groups -OCH3 is 2. The third-order valence-electron chi connectivity index (χ3n) is 13.2. The highest BCUT2D eigenvalue weighted by Gasteiger charge is 2.43.